The van der Waals surface area contributed by atoms with E-state index in [9.17, 15) is 9.59 Å². The topological polar surface area (TPSA) is 54.3 Å². The summed E-state index contributed by atoms with van der Waals surface area (Å²) in [6.45, 7) is 1.52. The van der Waals surface area contributed by atoms with E-state index < -0.39 is 0 Å². The van der Waals surface area contributed by atoms with E-state index in [0.29, 0.717) is 23.4 Å². The SMILES string of the molecule is Cn1cccc1C(=O)NC1CCN(C(=O)[C@H]2C[C@@H]3C=C[C@@H]2C3)CC1. The second kappa shape index (κ2) is 6.11. The van der Waals surface area contributed by atoms with Crippen molar-refractivity contribution < 1.29 is 9.59 Å². The minimum atomic E-state index is -0.0227. The maximum atomic E-state index is 12.8. The molecule has 0 unspecified atom stereocenters. The van der Waals surface area contributed by atoms with Crippen LogP contribution in [-0.2, 0) is 11.8 Å². The maximum absolute atomic E-state index is 12.8. The minimum absolute atomic E-state index is 0.0227. The Balaban J connectivity index is 1.29. The molecular weight excluding hydrogens is 302 g/mol. The largest absolute Gasteiger partial charge is 0.348 e. The molecule has 3 atom stereocenters. The Bertz CT molecular complexity index is 670. The molecule has 5 nitrogen and oxygen atoms in total. The van der Waals surface area contributed by atoms with E-state index in [1.807, 2.05) is 34.8 Å². The molecule has 3 aliphatic rings. The molecule has 5 heteroatoms. The van der Waals surface area contributed by atoms with Crippen LogP contribution in [0.1, 0.15) is 36.2 Å². The van der Waals surface area contributed by atoms with E-state index in [0.717, 1.165) is 32.4 Å². The predicted octanol–water partition coefficient (Wildman–Crippen LogP) is 1.96. The van der Waals surface area contributed by atoms with Crippen molar-refractivity contribution in [2.45, 2.75) is 31.7 Å². The number of aromatic nitrogens is 1. The van der Waals surface area contributed by atoms with E-state index in [4.69, 9.17) is 0 Å². The molecule has 2 amide bonds. The van der Waals surface area contributed by atoms with Gasteiger partial charge in [0.15, 0.2) is 0 Å². The number of carbonyl (C=O) groups excluding carboxylic acids is 2. The predicted molar refractivity (Wildman–Crippen MR) is 91.3 cm³/mol. The molecule has 1 aromatic rings. The summed E-state index contributed by atoms with van der Waals surface area (Å²) in [5.74, 6) is 1.61. The van der Waals surface area contributed by atoms with Crippen molar-refractivity contribution in [1.82, 2.24) is 14.8 Å². The normalized spacial score (nSPS) is 29.2. The summed E-state index contributed by atoms with van der Waals surface area (Å²) in [5, 5.41) is 3.11. The number of hydrogen-bond donors (Lipinski definition) is 1. The summed E-state index contributed by atoms with van der Waals surface area (Å²) in [7, 11) is 1.87. The number of nitrogens with zero attached hydrogens (tertiary/aromatic N) is 2. The van der Waals surface area contributed by atoms with Crippen molar-refractivity contribution in [1.29, 1.82) is 0 Å². The average Bonchev–Trinajstić information content (AvgIpc) is 3.31. The molecule has 2 heterocycles. The number of amides is 2. The van der Waals surface area contributed by atoms with Crippen molar-refractivity contribution >= 4 is 11.8 Å². The van der Waals surface area contributed by atoms with Crippen molar-refractivity contribution in [2.75, 3.05) is 13.1 Å². The van der Waals surface area contributed by atoms with Gasteiger partial charge in [-0.2, -0.15) is 0 Å². The Morgan fingerprint density at radius 3 is 2.54 bits per heavy atom. The van der Waals surface area contributed by atoms with Gasteiger partial charge in [-0.15, -0.1) is 0 Å². The fourth-order valence-corrected chi connectivity index (χ4v) is 4.50. The van der Waals surface area contributed by atoms with Gasteiger partial charge < -0.3 is 14.8 Å². The fourth-order valence-electron chi connectivity index (χ4n) is 4.50. The lowest BCUT2D eigenvalue weighted by Gasteiger charge is -2.35. The third-order valence-electron chi connectivity index (χ3n) is 5.91. The number of hydrogen-bond acceptors (Lipinski definition) is 2. The number of fused-ring (bicyclic) bond motifs is 2. The lowest BCUT2D eigenvalue weighted by atomic mass is 9.91. The molecule has 4 rings (SSSR count). The monoisotopic (exact) mass is 327 g/mol. The summed E-state index contributed by atoms with van der Waals surface area (Å²) in [5.41, 5.74) is 0.683. The Labute approximate surface area is 142 Å². The van der Waals surface area contributed by atoms with Gasteiger partial charge in [-0.3, -0.25) is 9.59 Å². The van der Waals surface area contributed by atoms with Gasteiger partial charge in [-0.25, -0.2) is 0 Å². The lowest BCUT2D eigenvalue weighted by molar-refractivity contribution is -0.137. The molecule has 0 radical (unpaired) electrons. The van der Waals surface area contributed by atoms with Crippen LogP contribution >= 0.6 is 0 Å². The van der Waals surface area contributed by atoms with Crippen LogP contribution < -0.4 is 5.32 Å². The first-order valence-corrected chi connectivity index (χ1v) is 9.01. The van der Waals surface area contributed by atoms with Crippen LogP contribution in [0, 0.1) is 17.8 Å². The number of rotatable bonds is 3. The zero-order valence-electron chi connectivity index (χ0n) is 14.1. The second-order valence-electron chi connectivity index (χ2n) is 7.46. The van der Waals surface area contributed by atoms with E-state index in [1.165, 1.54) is 6.42 Å². The molecule has 1 saturated carbocycles. The Morgan fingerprint density at radius 1 is 1.17 bits per heavy atom. The van der Waals surface area contributed by atoms with Crippen LogP contribution in [0.4, 0.5) is 0 Å². The van der Waals surface area contributed by atoms with Gasteiger partial charge in [-0.1, -0.05) is 12.2 Å². The fraction of sp³-hybridized carbons (Fsp3) is 0.579. The number of likely N-dealkylation sites (tertiary alicyclic amines) is 1. The standard InChI is InChI=1S/C19H25N3O2/c1-21-8-2-3-17(21)18(23)20-15-6-9-22(10-7-15)19(24)16-12-13-4-5-14(16)11-13/h2-5,8,13-16H,6-7,9-12H2,1H3,(H,20,23)/t13-,14-,16+/m1/s1. The quantitative estimate of drug-likeness (QED) is 0.863. The highest BCUT2D eigenvalue weighted by molar-refractivity contribution is 5.92. The summed E-state index contributed by atoms with van der Waals surface area (Å²) in [6.07, 6.45) is 10.3. The van der Waals surface area contributed by atoms with Gasteiger partial charge in [0.2, 0.25) is 5.91 Å². The zero-order valence-corrected chi connectivity index (χ0v) is 14.1. The number of piperidine rings is 1. The van der Waals surface area contributed by atoms with Crippen molar-refractivity contribution in [2.24, 2.45) is 24.8 Å². The van der Waals surface area contributed by atoms with E-state index in [-0.39, 0.29) is 17.9 Å². The highest BCUT2D eigenvalue weighted by Crippen LogP contribution is 2.44. The highest BCUT2D eigenvalue weighted by atomic mass is 16.2. The Kier molecular flexibility index (Phi) is 3.94. The van der Waals surface area contributed by atoms with E-state index in [1.54, 1.807) is 0 Å². The molecule has 1 aliphatic heterocycles. The molecule has 24 heavy (non-hydrogen) atoms. The molecule has 1 aromatic heterocycles. The van der Waals surface area contributed by atoms with Crippen LogP contribution in [0.25, 0.3) is 0 Å². The third-order valence-corrected chi connectivity index (χ3v) is 5.91. The van der Waals surface area contributed by atoms with Crippen LogP contribution in [0.5, 0.6) is 0 Å². The van der Waals surface area contributed by atoms with Crippen LogP contribution in [-0.4, -0.2) is 40.4 Å². The molecule has 2 bridgehead atoms. The second-order valence-corrected chi connectivity index (χ2v) is 7.46. The van der Waals surface area contributed by atoms with Crippen LogP contribution in [0.15, 0.2) is 30.5 Å². The summed E-state index contributed by atoms with van der Waals surface area (Å²) in [6, 6.07) is 3.87. The summed E-state index contributed by atoms with van der Waals surface area (Å²) >= 11 is 0. The minimum Gasteiger partial charge on any atom is -0.348 e. The van der Waals surface area contributed by atoms with Crippen LogP contribution in [0.3, 0.4) is 0 Å². The molecule has 128 valence electrons. The van der Waals surface area contributed by atoms with Gasteiger partial charge in [0.25, 0.3) is 5.91 Å². The number of nitrogens with one attached hydrogen (secondary N) is 1. The van der Waals surface area contributed by atoms with Gasteiger partial charge in [0.1, 0.15) is 5.69 Å². The first kappa shape index (κ1) is 15.5. The number of aryl methyl sites for hydroxylation is 1. The molecule has 0 aromatic carbocycles. The molecular formula is C19H25N3O2. The van der Waals surface area contributed by atoms with E-state index in [2.05, 4.69) is 17.5 Å². The number of carbonyl (C=O) groups is 2. The first-order chi connectivity index (χ1) is 11.6. The van der Waals surface area contributed by atoms with Crippen LogP contribution in [0.2, 0.25) is 0 Å². The Hall–Kier alpha value is -2.04. The van der Waals surface area contributed by atoms with Gasteiger partial charge in [0, 0.05) is 38.3 Å². The zero-order chi connectivity index (χ0) is 16.7. The van der Waals surface area contributed by atoms with E-state index >= 15 is 0 Å². The molecule has 0 spiro atoms. The first-order valence-electron chi connectivity index (χ1n) is 9.01. The van der Waals surface area contributed by atoms with Gasteiger partial charge >= 0.3 is 0 Å². The Morgan fingerprint density at radius 2 is 1.96 bits per heavy atom. The maximum Gasteiger partial charge on any atom is 0.268 e. The summed E-state index contributed by atoms with van der Waals surface area (Å²) in [4.78, 5) is 27.1. The van der Waals surface area contributed by atoms with Crippen molar-refractivity contribution in [3.8, 4) is 0 Å². The molecule has 2 fully saturated rings. The average molecular weight is 327 g/mol. The van der Waals surface area contributed by atoms with Gasteiger partial charge in [-0.05, 0) is 49.7 Å². The highest BCUT2D eigenvalue weighted by Gasteiger charge is 2.42. The van der Waals surface area contributed by atoms with Gasteiger partial charge in [0.05, 0.1) is 0 Å². The third kappa shape index (κ3) is 2.76. The lowest BCUT2D eigenvalue weighted by Crippen LogP contribution is -2.48. The van der Waals surface area contributed by atoms with Crippen molar-refractivity contribution in [3.05, 3.63) is 36.2 Å². The summed E-state index contributed by atoms with van der Waals surface area (Å²) < 4.78 is 1.83. The smallest absolute Gasteiger partial charge is 0.268 e. The molecule has 2 aliphatic carbocycles. The van der Waals surface area contributed by atoms with Crippen molar-refractivity contribution in [3.63, 3.8) is 0 Å². The molecule has 1 saturated heterocycles. The number of allylic oxidation sites excluding steroid dienone is 2. The molecule has 1 N–H and O–H groups in total.